The minimum atomic E-state index is -0.00142. The fraction of sp³-hybridized carbons (Fsp3) is 0.524. The van der Waals surface area contributed by atoms with Gasteiger partial charge in [0.1, 0.15) is 12.3 Å². The Balaban J connectivity index is 2.02. The third kappa shape index (κ3) is 5.35. The van der Waals surface area contributed by atoms with Crippen molar-refractivity contribution >= 4 is 5.96 Å². The molecule has 0 unspecified atom stereocenters. The molecule has 0 aliphatic carbocycles. The molecule has 0 fully saturated rings. The summed E-state index contributed by atoms with van der Waals surface area (Å²) in [6.45, 7) is 14.6. The number of aromatic nitrogens is 1. The average molecular weight is 357 g/mol. The summed E-state index contributed by atoms with van der Waals surface area (Å²) in [5, 5.41) is 6.74. The van der Waals surface area contributed by atoms with E-state index in [-0.39, 0.29) is 5.41 Å². The highest BCUT2D eigenvalue weighted by molar-refractivity contribution is 5.79. The van der Waals surface area contributed by atoms with E-state index in [1.165, 1.54) is 11.1 Å². The first-order valence-corrected chi connectivity index (χ1v) is 9.40. The van der Waals surface area contributed by atoms with E-state index in [1.54, 1.807) is 0 Å². The number of hydrogen-bond donors (Lipinski definition) is 2. The zero-order chi connectivity index (χ0) is 19.2. The van der Waals surface area contributed by atoms with Gasteiger partial charge in [-0.25, -0.2) is 9.98 Å². The second-order valence-electron chi connectivity index (χ2n) is 7.23. The highest BCUT2D eigenvalue weighted by Gasteiger charge is 2.21. The topological polar surface area (TPSA) is 62.5 Å². The van der Waals surface area contributed by atoms with Crippen LogP contribution in [0.2, 0.25) is 0 Å². The Hall–Kier alpha value is -2.30. The Morgan fingerprint density at radius 3 is 2.35 bits per heavy atom. The van der Waals surface area contributed by atoms with Crippen LogP contribution in [0.15, 0.2) is 33.7 Å². The maximum absolute atomic E-state index is 5.61. The van der Waals surface area contributed by atoms with Gasteiger partial charge in [0.15, 0.2) is 5.96 Å². The van der Waals surface area contributed by atoms with Crippen LogP contribution in [0.3, 0.4) is 0 Å². The molecule has 1 aromatic carbocycles. The number of guanidine groups is 1. The van der Waals surface area contributed by atoms with E-state index < -0.39 is 0 Å². The summed E-state index contributed by atoms with van der Waals surface area (Å²) in [6, 6.07) is 8.87. The van der Waals surface area contributed by atoms with Crippen molar-refractivity contribution in [3.63, 3.8) is 0 Å². The highest BCUT2D eigenvalue weighted by Crippen LogP contribution is 2.22. The summed E-state index contributed by atoms with van der Waals surface area (Å²) in [6.07, 6.45) is 1.07. The van der Waals surface area contributed by atoms with E-state index in [0.29, 0.717) is 12.4 Å². The Morgan fingerprint density at radius 1 is 1.12 bits per heavy atom. The molecule has 0 aliphatic heterocycles. The lowest BCUT2D eigenvalue weighted by atomic mass is 9.84. The van der Waals surface area contributed by atoms with Crippen LogP contribution >= 0.6 is 0 Å². The van der Waals surface area contributed by atoms with Gasteiger partial charge in [-0.2, -0.15) is 0 Å². The summed E-state index contributed by atoms with van der Waals surface area (Å²) in [5.41, 5.74) is 3.60. The Labute approximate surface area is 157 Å². The molecule has 26 heavy (non-hydrogen) atoms. The fourth-order valence-corrected chi connectivity index (χ4v) is 2.69. The molecule has 2 rings (SSSR count). The van der Waals surface area contributed by atoms with Gasteiger partial charge < -0.3 is 15.1 Å². The molecule has 1 aromatic heterocycles. The fourth-order valence-electron chi connectivity index (χ4n) is 2.69. The molecule has 0 amide bonds. The van der Waals surface area contributed by atoms with Crippen molar-refractivity contribution in [3.05, 3.63) is 52.7 Å². The maximum atomic E-state index is 5.61. The highest BCUT2D eigenvalue weighted by atomic mass is 16.4. The van der Waals surface area contributed by atoms with E-state index in [1.807, 2.05) is 13.8 Å². The molecule has 0 aliphatic rings. The van der Waals surface area contributed by atoms with Gasteiger partial charge in [-0.1, -0.05) is 45.0 Å². The van der Waals surface area contributed by atoms with Crippen molar-refractivity contribution in [2.24, 2.45) is 4.99 Å². The molecule has 5 nitrogen and oxygen atoms in total. The van der Waals surface area contributed by atoms with Crippen LogP contribution in [-0.4, -0.2) is 24.0 Å². The van der Waals surface area contributed by atoms with Crippen molar-refractivity contribution in [3.8, 4) is 0 Å². The lowest BCUT2D eigenvalue weighted by Gasteiger charge is -2.27. The quantitative estimate of drug-likeness (QED) is 0.584. The standard InChI is InChI=1S/C21H32N4O/c1-7-17-9-11-18(12-10-17)21(5,6)14-24-20(22-8-2)23-13-19-25-15(3)16(4)26-19/h9-12H,7-8,13-14H2,1-6H3,(H2,22,23,24). The molecule has 0 spiro atoms. The van der Waals surface area contributed by atoms with Crippen molar-refractivity contribution in [2.45, 2.75) is 59.9 Å². The molecule has 1 heterocycles. The number of aryl methyl sites for hydroxylation is 3. The van der Waals surface area contributed by atoms with E-state index >= 15 is 0 Å². The molecule has 0 bridgehead atoms. The van der Waals surface area contributed by atoms with Crippen molar-refractivity contribution < 1.29 is 4.42 Å². The predicted octanol–water partition coefficient (Wildman–Crippen LogP) is 3.89. The first-order chi connectivity index (χ1) is 12.4. The summed E-state index contributed by atoms with van der Waals surface area (Å²) >= 11 is 0. The summed E-state index contributed by atoms with van der Waals surface area (Å²) in [5.74, 6) is 2.27. The Morgan fingerprint density at radius 2 is 1.81 bits per heavy atom. The number of hydrogen-bond acceptors (Lipinski definition) is 3. The minimum absolute atomic E-state index is 0.00142. The molecule has 0 radical (unpaired) electrons. The minimum Gasteiger partial charge on any atom is -0.444 e. The number of benzene rings is 1. The Kier molecular flexibility index (Phi) is 6.83. The van der Waals surface area contributed by atoms with Gasteiger partial charge in [-0.05, 0) is 38.3 Å². The van der Waals surface area contributed by atoms with Gasteiger partial charge in [0.2, 0.25) is 5.89 Å². The third-order valence-electron chi connectivity index (χ3n) is 4.63. The third-order valence-corrected chi connectivity index (χ3v) is 4.63. The Bertz CT molecular complexity index is 709. The van der Waals surface area contributed by atoms with E-state index in [9.17, 15) is 0 Å². The van der Waals surface area contributed by atoms with Crippen LogP contribution in [0.5, 0.6) is 0 Å². The normalized spacial score (nSPS) is 12.3. The smallest absolute Gasteiger partial charge is 0.216 e. The molecule has 0 saturated carbocycles. The van der Waals surface area contributed by atoms with Crippen LogP contribution < -0.4 is 10.6 Å². The number of aliphatic imine (C=N–C) groups is 1. The summed E-state index contributed by atoms with van der Waals surface area (Å²) in [4.78, 5) is 8.99. The van der Waals surface area contributed by atoms with Gasteiger partial charge in [0.05, 0.1) is 5.69 Å². The number of nitrogens with zero attached hydrogens (tertiary/aromatic N) is 2. The molecule has 142 valence electrons. The van der Waals surface area contributed by atoms with Crippen LogP contribution in [0.4, 0.5) is 0 Å². The lowest BCUT2D eigenvalue weighted by Crippen LogP contribution is -2.43. The van der Waals surface area contributed by atoms with Crippen molar-refractivity contribution in [2.75, 3.05) is 13.1 Å². The average Bonchev–Trinajstić information content (AvgIpc) is 2.95. The van der Waals surface area contributed by atoms with Crippen LogP contribution in [0.1, 0.15) is 56.2 Å². The van der Waals surface area contributed by atoms with Crippen LogP contribution in [0.25, 0.3) is 0 Å². The summed E-state index contributed by atoms with van der Waals surface area (Å²) in [7, 11) is 0. The number of nitrogens with one attached hydrogen (secondary N) is 2. The van der Waals surface area contributed by atoms with Gasteiger partial charge in [0, 0.05) is 18.5 Å². The SMILES string of the molecule is CCNC(=NCc1nc(C)c(C)o1)NCC(C)(C)c1ccc(CC)cc1. The first-order valence-electron chi connectivity index (χ1n) is 9.40. The van der Waals surface area contributed by atoms with Crippen molar-refractivity contribution in [1.29, 1.82) is 0 Å². The zero-order valence-corrected chi connectivity index (χ0v) is 16.9. The lowest BCUT2D eigenvalue weighted by molar-refractivity contribution is 0.471. The molecule has 5 heteroatoms. The van der Waals surface area contributed by atoms with Crippen LogP contribution in [-0.2, 0) is 18.4 Å². The zero-order valence-electron chi connectivity index (χ0n) is 16.9. The van der Waals surface area contributed by atoms with Gasteiger partial charge in [-0.3, -0.25) is 0 Å². The van der Waals surface area contributed by atoms with E-state index in [4.69, 9.17) is 4.42 Å². The number of oxazole rings is 1. The van der Waals surface area contributed by atoms with Crippen molar-refractivity contribution in [1.82, 2.24) is 15.6 Å². The number of rotatable bonds is 7. The second kappa shape index (κ2) is 8.88. The first kappa shape index (κ1) is 20.0. The predicted molar refractivity (Wildman–Crippen MR) is 108 cm³/mol. The van der Waals surface area contributed by atoms with Crippen LogP contribution in [0, 0.1) is 13.8 Å². The van der Waals surface area contributed by atoms with Gasteiger partial charge >= 0.3 is 0 Å². The molecular formula is C21H32N4O. The second-order valence-corrected chi connectivity index (χ2v) is 7.23. The van der Waals surface area contributed by atoms with E-state index in [0.717, 1.165) is 36.9 Å². The van der Waals surface area contributed by atoms with Gasteiger partial charge in [-0.15, -0.1) is 0 Å². The molecular weight excluding hydrogens is 324 g/mol. The molecule has 0 saturated heterocycles. The largest absolute Gasteiger partial charge is 0.444 e. The molecule has 2 aromatic rings. The van der Waals surface area contributed by atoms with Gasteiger partial charge in [0.25, 0.3) is 0 Å². The summed E-state index contributed by atoms with van der Waals surface area (Å²) < 4.78 is 5.61. The molecule has 2 N–H and O–H groups in total. The maximum Gasteiger partial charge on any atom is 0.216 e. The monoisotopic (exact) mass is 356 g/mol. The molecule has 0 atom stereocenters. The van der Waals surface area contributed by atoms with E-state index in [2.05, 4.69) is 72.6 Å².